The van der Waals surface area contributed by atoms with Gasteiger partial charge in [-0.3, -0.25) is 0 Å². The van der Waals surface area contributed by atoms with Crippen molar-refractivity contribution < 1.29 is 4.79 Å². The summed E-state index contributed by atoms with van der Waals surface area (Å²) >= 11 is 5.99. The third-order valence-electron chi connectivity index (χ3n) is 2.78. The number of hydrogen-bond donors (Lipinski definition) is 3. The van der Waals surface area contributed by atoms with Crippen molar-refractivity contribution in [2.45, 2.75) is 6.04 Å². The van der Waals surface area contributed by atoms with Gasteiger partial charge in [0.1, 0.15) is 0 Å². The lowest BCUT2D eigenvalue weighted by Gasteiger charge is -2.20. The van der Waals surface area contributed by atoms with Gasteiger partial charge in [0.15, 0.2) is 0 Å². The predicted octanol–water partition coefficient (Wildman–Crippen LogP) is 2.68. The van der Waals surface area contributed by atoms with Crippen LogP contribution in [0, 0.1) is 0 Å². The molecule has 0 bridgehead atoms. The number of amides is 2. The predicted molar refractivity (Wildman–Crippen MR) is 76.9 cm³/mol. The van der Waals surface area contributed by atoms with E-state index in [0.29, 0.717) is 10.7 Å². The molecule has 2 amide bonds. The summed E-state index contributed by atoms with van der Waals surface area (Å²) in [7, 11) is 0. The zero-order valence-corrected chi connectivity index (χ0v) is 10.9. The van der Waals surface area contributed by atoms with E-state index in [1.165, 1.54) is 0 Å². The molecule has 0 aliphatic heterocycles. The van der Waals surface area contributed by atoms with Gasteiger partial charge in [0.25, 0.3) is 0 Å². The molecule has 0 saturated heterocycles. The molecule has 2 aromatic rings. The molecule has 0 saturated carbocycles. The van der Waals surface area contributed by atoms with Crippen LogP contribution in [0.3, 0.4) is 0 Å². The van der Waals surface area contributed by atoms with E-state index in [4.69, 9.17) is 23.1 Å². The Balaban J connectivity index is 2.48. The average Bonchev–Trinajstić information content (AvgIpc) is 2.40. The first kappa shape index (κ1) is 13.2. The number of nitrogens with two attached hydrogens (primary N) is 2. The van der Waals surface area contributed by atoms with E-state index in [2.05, 4.69) is 5.32 Å². The van der Waals surface area contributed by atoms with Crippen LogP contribution in [-0.2, 0) is 0 Å². The van der Waals surface area contributed by atoms with Crippen LogP contribution in [0.15, 0.2) is 48.5 Å². The zero-order chi connectivity index (χ0) is 13.8. The maximum absolute atomic E-state index is 11.2. The molecule has 0 fully saturated rings. The Labute approximate surface area is 116 Å². The molecule has 0 radical (unpaired) electrons. The fourth-order valence-electron chi connectivity index (χ4n) is 1.92. The summed E-state index contributed by atoms with van der Waals surface area (Å²) in [4.78, 5) is 11.2. The van der Waals surface area contributed by atoms with Gasteiger partial charge in [-0.25, -0.2) is 4.79 Å². The number of carbonyl (C=O) groups is 1. The van der Waals surface area contributed by atoms with E-state index in [1.54, 1.807) is 18.2 Å². The second-order valence-electron chi connectivity index (χ2n) is 4.13. The number of carbonyl (C=O) groups excluding carboxylic acids is 1. The van der Waals surface area contributed by atoms with E-state index < -0.39 is 12.1 Å². The van der Waals surface area contributed by atoms with Gasteiger partial charge in [0, 0.05) is 16.3 Å². The molecule has 0 spiro atoms. The Morgan fingerprint density at radius 1 is 1.16 bits per heavy atom. The van der Waals surface area contributed by atoms with Crippen LogP contribution in [0.25, 0.3) is 0 Å². The Morgan fingerprint density at radius 2 is 1.84 bits per heavy atom. The summed E-state index contributed by atoms with van der Waals surface area (Å²) in [5, 5.41) is 3.23. The van der Waals surface area contributed by atoms with Crippen molar-refractivity contribution in [3.05, 3.63) is 64.7 Å². The van der Waals surface area contributed by atoms with Gasteiger partial charge in [-0.05, 0) is 23.8 Å². The zero-order valence-electron chi connectivity index (χ0n) is 10.1. The first-order chi connectivity index (χ1) is 9.08. The molecule has 5 heteroatoms. The maximum atomic E-state index is 11.2. The molecule has 98 valence electrons. The van der Waals surface area contributed by atoms with E-state index in [0.717, 1.165) is 11.1 Å². The van der Waals surface area contributed by atoms with Crippen molar-refractivity contribution in [2.75, 3.05) is 5.73 Å². The SMILES string of the molecule is NC(=O)NC(c1ccccc1)c1cc(Cl)ccc1N. The first-order valence-electron chi connectivity index (χ1n) is 5.74. The van der Waals surface area contributed by atoms with Crippen LogP contribution in [0.5, 0.6) is 0 Å². The highest BCUT2D eigenvalue weighted by Gasteiger charge is 2.18. The van der Waals surface area contributed by atoms with Gasteiger partial charge in [-0.1, -0.05) is 41.9 Å². The topological polar surface area (TPSA) is 81.1 Å². The summed E-state index contributed by atoms with van der Waals surface area (Å²) in [6, 6.07) is 13.5. The normalized spacial score (nSPS) is 11.8. The van der Waals surface area contributed by atoms with Gasteiger partial charge >= 0.3 is 6.03 Å². The molecule has 5 N–H and O–H groups in total. The van der Waals surface area contributed by atoms with Crippen molar-refractivity contribution in [2.24, 2.45) is 5.73 Å². The molecule has 2 aromatic carbocycles. The lowest BCUT2D eigenvalue weighted by atomic mass is 9.97. The lowest BCUT2D eigenvalue weighted by Crippen LogP contribution is -2.34. The number of benzene rings is 2. The standard InChI is InChI=1S/C14H14ClN3O/c15-10-6-7-12(16)11(8-10)13(18-14(17)19)9-4-2-1-3-5-9/h1-8,13H,16H2,(H3,17,18,19). The number of nitrogens with one attached hydrogen (secondary N) is 1. The van der Waals surface area contributed by atoms with Crippen LogP contribution in [0.1, 0.15) is 17.2 Å². The second-order valence-corrected chi connectivity index (χ2v) is 4.56. The molecular formula is C14H14ClN3O. The largest absolute Gasteiger partial charge is 0.398 e. The van der Waals surface area contributed by atoms with Crippen molar-refractivity contribution in [1.82, 2.24) is 5.32 Å². The van der Waals surface area contributed by atoms with Crippen LogP contribution in [-0.4, -0.2) is 6.03 Å². The Kier molecular flexibility index (Phi) is 3.92. The number of hydrogen-bond acceptors (Lipinski definition) is 2. The van der Waals surface area contributed by atoms with Crippen molar-refractivity contribution in [1.29, 1.82) is 0 Å². The van der Waals surface area contributed by atoms with Gasteiger partial charge in [-0.15, -0.1) is 0 Å². The molecule has 4 nitrogen and oxygen atoms in total. The second kappa shape index (κ2) is 5.63. The Morgan fingerprint density at radius 3 is 2.47 bits per heavy atom. The number of primary amides is 1. The summed E-state index contributed by atoms with van der Waals surface area (Å²) in [6.45, 7) is 0. The minimum atomic E-state index is -0.617. The molecule has 0 aliphatic rings. The van der Waals surface area contributed by atoms with Crippen molar-refractivity contribution in [3.8, 4) is 0 Å². The molecule has 1 unspecified atom stereocenters. The number of urea groups is 1. The number of nitrogen functional groups attached to an aromatic ring is 1. The molecule has 0 aromatic heterocycles. The third-order valence-corrected chi connectivity index (χ3v) is 3.01. The quantitative estimate of drug-likeness (QED) is 0.753. The highest BCUT2D eigenvalue weighted by atomic mass is 35.5. The molecule has 0 aliphatic carbocycles. The molecular weight excluding hydrogens is 262 g/mol. The number of anilines is 1. The minimum Gasteiger partial charge on any atom is -0.398 e. The van der Waals surface area contributed by atoms with Crippen LogP contribution in [0.2, 0.25) is 5.02 Å². The van der Waals surface area contributed by atoms with Crippen LogP contribution < -0.4 is 16.8 Å². The number of halogens is 1. The molecule has 1 atom stereocenters. The highest BCUT2D eigenvalue weighted by molar-refractivity contribution is 6.30. The monoisotopic (exact) mass is 275 g/mol. The fraction of sp³-hybridized carbons (Fsp3) is 0.0714. The van der Waals surface area contributed by atoms with Gasteiger partial charge in [0.05, 0.1) is 6.04 Å². The summed E-state index contributed by atoms with van der Waals surface area (Å²) in [6.07, 6.45) is 0. The van der Waals surface area contributed by atoms with E-state index in [-0.39, 0.29) is 0 Å². The van der Waals surface area contributed by atoms with Gasteiger partial charge < -0.3 is 16.8 Å². The van der Waals surface area contributed by atoms with Gasteiger partial charge in [0.2, 0.25) is 0 Å². The smallest absolute Gasteiger partial charge is 0.312 e. The third kappa shape index (κ3) is 3.17. The maximum Gasteiger partial charge on any atom is 0.312 e. The fourth-order valence-corrected chi connectivity index (χ4v) is 2.10. The van der Waals surface area contributed by atoms with Crippen LogP contribution >= 0.6 is 11.6 Å². The summed E-state index contributed by atoms with van der Waals surface area (Å²) < 4.78 is 0. The lowest BCUT2D eigenvalue weighted by molar-refractivity contribution is 0.247. The Hall–Kier alpha value is -2.20. The van der Waals surface area contributed by atoms with E-state index >= 15 is 0 Å². The first-order valence-corrected chi connectivity index (χ1v) is 6.11. The molecule has 2 rings (SSSR count). The molecule has 0 heterocycles. The van der Waals surface area contributed by atoms with Crippen molar-refractivity contribution >= 4 is 23.3 Å². The van der Waals surface area contributed by atoms with Crippen LogP contribution in [0.4, 0.5) is 10.5 Å². The summed E-state index contributed by atoms with van der Waals surface area (Å²) in [5.41, 5.74) is 13.3. The molecule has 19 heavy (non-hydrogen) atoms. The average molecular weight is 276 g/mol. The minimum absolute atomic E-state index is 0.419. The highest BCUT2D eigenvalue weighted by Crippen LogP contribution is 2.29. The van der Waals surface area contributed by atoms with E-state index in [9.17, 15) is 4.79 Å². The van der Waals surface area contributed by atoms with Gasteiger partial charge in [-0.2, -0.15) is 0 Å². The summed E-state index contributed by atoms with van der Waals surface area (Å²) in [5.74, 6) is 0. The van der Waals surface area contributed by atoms with E-state index in [1.807, 2.05) is 30.3 Å². The Bertz CT molecular complexity index is 586. The number of rotatable bonds is 3. The van der Waals surface area contributed by atoms with Crippen molar-refractivity contribution in [3.63, 3.8) is 0 Å².